The molecule has 0 bridgehead atoms. The number of β-lactam (4-membered cyclic amide) rings is 1. The van der Waals surface area contributed by atoms with Crippen LogP contribution in [0.4, 0.5) is 17.1 Å². The van der Waals surface area contributed by atoms with Crippen LogP contribution >= 0.6 is 0 Å². The van der Waals surface area contributed by atoms with Crippen LogP contribution in [0.15, 0.2) is 102 Å². The minimum atomic E-state index is -1.12. The number of carbonyl (C=O) groups is 6. The van der Waals surface area contributed by atoms with E-state index in [1.165, 1.54) is 30.0 Å². The molecule has 21 nitrogen and oxygen atoms in total. The number of amides is 1. The minimum Gasteiger partial charge on any atom is -0.419 e. The van der Waals surface area contributed by atoms with Crippen molar-refractivity contribution in [3.63, 3.8) is 0 Å². The van der Waals surface area contributed by atoms with Gasteiger partial charge in [0, 0.05) is 60.8 Å². The zero-order chi connectivity index (χ0) is 46.6. The van der Waals surface area contributed by atoms with Gasteiger partial charge in [0.1, 0.15) is 5.70 Å². The highest BCUT2D eigenvalue weighted by atomic mass is 16.6. The average molecular weight is 880 g/mol. The van der Waals surface area contributed by atoms with E-state index in [0.717, 1.165) is 72.8 Å². The number of non-ortho nitro benzene ring substituents is 3. The number of fused-ring (bicyclic) bond motifs is 1. The van der Waals surface area contributed by atoms with Crippen LogP contribution in [0.5, 0.6) is 11.5 Å². The molecule has 21 heteroatoms. The Balaban J connectivity index is 1.16. The zero-order valence-electron chi connectivity index (χ0n) is 34.1. The number of Topliss-reactive ketones (excluding diaryl/α,β-unsaturated/α-hetero) is 1. The molecule has 2 aliphatic rings. The van der Waals surface area contributed by atoms with Gasteiger partial charge >= 0.3 is 23.9 Å². The fourth-order valence-corrected chi connectivity index (χ4v) is 7.38. The lowest BCUT2D eigenvalue weighted by Crippen LogP contribution is -2.63. The fourth-order valence-electron chi connectivity index (χ4n) is 7.38. The Hall–Kier alpha value is -8.04. The molecule has 4 aromatic rings. The quantitative estimate of drug-likeness (QED) is 0.0270. The number of carbonyl (C=O) groups excluding carboxylic acids is 6. The van der Waals surface area contributed by atoms with Crippen molar-refractivity contribution in [3.8, 4) is 11.5 Å². The lowest BCUT2D eigenvalue weighted by molar-refractivity contribution is -0.385. The lowest BCUT2D eigenvalue weighted by atomic mass is 9.77. The van der Waals surface area contributed by atoms with Gasteiger partial charge in [-0.05, 0) is 87.1 Å². The van der Waals surface area contributed by atoms with Gasteiger partial charge in [0.25, 0.3) is 17.1 Å². The monoisotopic (exact) mass is 879 g/mol. The van der Waals surface area contributed by atoms with Crippen molar-refractivity contribution in [2.75, 3.05) is 20.1 Å². The van der Waals surface area contributed by atoms with Gasteiger partial charge in [-0.3, -0.25) is 39.9 Å². The Bertz CT molecular complexity index is 2610. The summed E-state index contributed by atoms with van der Waals surface area (Å²) in [5, 5.41) is 43.6. The smallest absolute Gasteiger partial charge is 0.362 e. The molecule has 0 aromatic heterocycles. The molecule has 6 rings (SSSR count). The molecule has 330 valence electrons. The molecule has 64 heavy (non-hydrogen) atoms. The second-order valence-corrected chi connectivity index (χ2v) is 14.9. The number of ketones is 1. The number of hydrogen-bond donors (Lipinski definition) is 1. The number of esters is 4. The Morgan fingerprint density at radius 1 is 0.703 bits per heavy atom. The molecule has 4 atom stereocenters. The number of likely N-dealkylation sites (N-methyl/N-ethyl adjacent to an activating group) is 1. The Morgan fingerprint density at radius 2 is 1.16 bits per heavy atom. The van der Waals surface area contributed by atoms with E-state index in [1.807, 2.05) is 0 Å². The summed E-state index contributed by atoms with van der Waals surface area (Å²) >= 11 is 0. The minimum absolute atomic E-state index is 0.0474. The molecule has 1 N–H and O–H groups in total. The first-order valence-corrected chi connectivity index (χ1v) is 19.4. The van der Waals surface area contributed by atoms with Crippen molar-refractivity contribution in [3.05, 3.63) is 155 Å². The highest BCUT2D eigenvalue weighted by Gasteiger charge is 2.60. The van der Waals surface area contributed by atoms with E-state index in [4.69, 9.17) is 14.2 Å². The first-order valence-electron chi connectivity index (χ1n) is 19.4. The summed E-state index contributed by atoms with van der Waals surface area (Å²) in [5.41, 5.74) is -0.854. The number of aliphatic hydroxyl groups excluding tert-OH is 1. The lowest BCUT2D eigenvalue weighted by Gasteiger charge is -2.46. The molecule has 1 fully saturated rings. The highest BCUT2D eigenvalue weighted by Crippen LogP contribution is 2.47. The van der Waals surface area contributed by atoms with E-state index in [0.29, 0.717) is 5.57 Å². The third-order valence-corrected chi connectivity index (χ3v) is 10.7. The third kappa shape index (κ3) is 9.69. The van der Waals surface area contributed by atoms with Crippen LogP contribution in [0.3, 0.4) is 0 Å². The van der Waals surface area contributed by atoms with Crippen LogP contribution in [0.2, 0.25) is 0 Å². The van der Waals surface area contributed by atoms with E-state index in [9.17, 15) is 64.2 Å². The number of benzene rings is 4. The molecule has 2 aliphatic heterocycles. The van der Waals surface area contributed by atoms with Crippen LogP contribution in [-0.2, 0) is 14.3 Å². The standard InChI is InChI=1S/C43H37N5O16/c1-23-32(38(45-37(23)36(24(2)49)39(45)51)43(55)64-42(54)27-10-17-31(18-11-27)48(60)61)22-44(3)20-4-5-33(50)28-12-19-34(62-40(52)25-6-13-29(14-7-25)46(56)57)35(21-28)63-41(53)26-8-15-30(16-9-26)47(58)59/h6-19,21,23-24,36-37,49H,4-5,20,22H2,1-3H3/t23-,24+,36+,37+/m0/s1. The van der Waals surface area contributed by atoms with Gasteiger partial charge < -0.3 is 29.1 Å². The predicted octanol–water partition coefficient (Wildman–Crippen LogP) is 5.24. The fraction of sp³-hybridized carbons (Fsp3) is 0.256. The van der Waals surface area contributed by atoms with Gasteiger partial charge in [0.15, 0.2) is 17.3 Å². The van der Waals surface area contributed by atoms with Crippen LogP contribution in [0, 0.1) is 42.2 Å². The van der Waals surface area contributed by atoms with Gasteiger partial charge in [-0.15, -0.1) is 0 Å². The van der Waals surface area contributed by atoms with E-state index in [-0.39, 0.29) is 82.4 Å². The number of nitro groups is 3. The van der Waals surface area contributed by atoms with E-state index >= 15 is 0 Å². The van der Waals surface area contributed by atoms with Crippen LogP contribution in [0.1, 0.15) is 68.1 Å². The summed E-state index contributed by atoms with van der Waals surface area (Å²) in [4.78, 5) is 114. The van der Waals surface area contributed by atoms with Crippen molar-refractivity contribution in [2.45, 2.75) is 38.8 Å². The largest absolute Gasteiger partial charge is 0.419 e. The molecule has 0 aliphatic carbocycles. The van der Waals surface area contributed by atoms with Crippen LogP contribution in [-0.4, -0.2) is 97.5 Å². The molecular weight excluding hydrogens is 842 g/mol. The normalized spacial score (nSPS) is 16.9. The maximum atomic E-state index is 13.6. The molecule has 0 radical (unpaired) electrons. The molecule has 0 saturated carbocycles. The highest BCUT2D eigenvalue weighted by molar-refractivity contribution is 6.06. The molecule has 0 spiro atoms. The second-order valence-electron chi connectivity index (χ2n) is 14.9. The average Bonchev–Trinajstić information content (AvgIpc) is 3.50. The van der Waals surface area contributed by atoms with E-state index in [2.05, 4.69) is 0 Å². The van der Waals surface area contributed by atoms with Crippen molar-refractivity contribution in [1.29, 1.82) is 0 Å². The summed E-state index contributed by atoms with van der Waals surface area (Å²) in [6, 6.07) is 16.5. The number of aliphatic hydroxyl groups is 1. The first kappa shape index (κ1) is 45.5. The number of rotatable bonds is 17. The topological polar surface area (TPSA) is 286 Å². The van der Waals surface area contributed by atoms with Gasteiger partial charge in [-0.2, -0.15) is 0 Å². The molecular formula is C43H37N5O16. The van der Waals surface area contributed by atoms with Crippen LogP contribution < -0.4 is 9.47 Å². The van der Waals surface area contributed by atoms with E-state index < -0.39 is 74.3 Å². The van der Waals surface area contributed by atoms with Gasteiger partial charge in [0.2, 0.25) is 5.91 Å². The maximum Gasteiger partial charge on any atom is 0.362 e. The predicted molar refractivity (Wildman–Crippen MR) is 219 cm³/mol. The van der Waals surface area contributed by atoms with Crippen molar-refractivity contribution in [1.82, 2.24) is 9.80 Å². The molecule has 0 unspecified atom stereocenters. The second kappa shape index (κ2) is 18.9. The SMILES string of the molecule is C[C@@H](O)[C@H]1C(=O)N2C(C(=O)OC(=O)c3ccc([N+](=O)[O-])cc3)=C(CN(C)CCCC(=O)c3ccc(OC(=O)c4ccc([N+](=O)[O-])cc4)c(OC(=O)c4ccc([N+](=O)[O-])cc4)c3)[C@H](C)[C@H]12. The van der Waals surface area contributed by atoms with Crippen LogP contribution in [0.25, 0.3) is 0 Å². The summed E-state index contributed by atoms with van der Waals surface area (Å²) in [5.74, 6) is -7.09. The molecule has 2 heterocycles. The third-order valence-electron chi connectivity index (χ3n) is 10.7. The first-order chi connectivity index (χ1) is 30.4. The Labute approximate surface area is 361 Å². The maximum absolute atomic E-state index is 13.6. The van der Waals surface area contributed by atoms with E-state index in [1.54, 1.807) is 18.9 Å². The number of hydrogen-bond acceptors (Lipinski definition) is 17. The van der Waals surface area contributed by atoms with Crippen molar-refractivity contribution >= 4 is 52.6 Å². The molecule has 1 saturated heterocycles. The van der Waals surface area contributed by atoms with Crippen molar-refractivity contribution < 1.29 is 62.9 Å². The Morgan fingerprint density at radius 3 is 1.62 bits per heavy atom. The zero-order valence-corrected chi connectivity index (χ0v) is 34.1. The molecule has 4 aromatic carbocycles. The van der Waals surface area contributed by atoms with Gasteiger partial charge in [-0.1, -0.05) is 6.92 Å². The number of ether oxygens (including phenoxy) is 3. The van der Waals surface area contributed by atoms with Crippen molar-refractivity contribution in [2.24, 2.45) is 11.8 Å². The summed E-state index contributed by atoms with van der Waals surface area (Å²) < 4.78 is 16.1. The summed E-state index contributed by atoms with van der Waals surface area (Å²) in [6.07, 6.45) is -0.861. The summed E-state index contributed by atoms with van der Waals surface area (Å²) in [6.45, 7) is 3.56. The number of nitrogens with zero attached hydrogens (tertiary/aromatic N) is 5. The summed E-state index contributed by atoms with van der Waals surface area (Å²) in [7, 11) is 1.70. The molecule has 1 amide bonds. The van der Waals surface area contributed by atoms with Gasteiger partial charge in [-0.25, -0.2) is 19.2 Å². The van der Waals surface area contributed by atoms with Gasteiger partial charge in [0.05, 0.1) is 49.5 Å². The number of nitro benzene ring substituents is 3. The Kier molecular flexibility index (Phi) is 13.4.